The summed E-state index contributed by atoms with van der Waals surface area (Å²) in [5.41, 5.74) is 3.04. The standard InChI is InChI=1S/C14H10BrN3/c15-13-9-5-4-8-12(13)14-10-16-17-18(14)11-6-2-1-3-7-11/h1-10H. The van der Waals surface area contributed by atoms with Crippen LogP contribution in [0.15, 0.2) is 65.3 Å². The molecule has 4 heteroatoms. The van der Waals surface area contributed by atoms with Crippen molar-refractivity contribution in [1.82, 2.24) is 15.0 Å². The Labute approximate surface area is 113 Å². The van der Waals surface area contributed by atoms with Crippen LogP contribution < -0.4 is 0 Å². The lowest BCUT2D eigenvalue weighted by Gasteiger charge is -2.07. The number of hydrogen-bond donors (Lipinski definition) is 0. The van der Waals surface area contributed by atoms with E-state index in [1.807, 2.05) is 59.3 Å². The summed E-state index contributed by atoms with van der Waals surface area (Å²) in [4.78, 5) is 0. The van der Waals surface area contributed by atoms with Crippen molar-refractivity contribution in [1.29, 1.82) is 0 Å². The molecule has 0 bridgehead atoms. The van der Waals surface area contributed by atoms with Crippen molar-refractivity contribution in [3.8, 4) is 16.9 Å². The Kier molecular flexibility index (Phi) is 2.94. The molecule has 0 saturated heterocycles. The van der Waals surface area contributed by atoms with Crippen LogP contribution in [0.5, 0.6) is 0 Å². The highest BCUT2D eigenvalue weighted by Gasteiger charge is 2.10. The molecule has 88 valence electrons. The van der Waals surface area contributed by atoms with E-state index in [0.29, 0.717) is 0 Å². The van der Waals surface area contributed by atoms with E-state index in [0.717, 1.165) is 21.4 Å². The van der Waals surface area contributed by atoms with Crippen molar-refractivity contribution in [3.63, 3.8) is 0 Å². The van der Waals surface area contributed by atoms with Crippen LogP contribution in [0, 0.1) is 0 Å². The van der Waals surface area contributed by atoms with Gasteiger partial charge in [-0.3, -0.25) is 0 Å². The summed E-state index contributed by atoms with van der Waals surface area (Å²) < 4.78 is 2.87. The molecule has 0 fully saturated rings. The molecule has 1 aromatic heterocycles. The van der Waals surface area contributed by atoms with Crippen molar-refractivity contribution in [3.05, 3.63) is 65.3 Å². The molecule has 0 aliphatic heterocycles. The van der Waals surface area contributed by atoms with Crippen molar-refractivity contribution in [2.45, 2.75) is 0 Å². The van der Waals surface area contributed by atoms with E-state index in [2.05, 4.69) is 26.2 Å². The second-order valence-electron chi connectivity index (χ2n) is 3.85. The summed E-state index contributed by atoms with van der Waals surface area (Å²) in [5, 5.41) is 8.16. The molecule has 0 aliphatic rings. The monoisotopic (exact) mass is 299 g/mol. The first-order valence-electron chi connectivity index (χ1n) is 5.57. The fraction of sp³-hybridized carbons (Fsp3) is 0. The molecule has 0 N–H and O–H groups in total. The highest BCUT2D eigenvalue weighted by molar-refractivity contribution is 9.10. The number of benzene rings is 2. The van der Waals surface area contributed by atoms with Gasteiger partial charge in [0, 0.05) is 10.0 Å². The number of nitrogens with zero attached hydrogens (tertiary/aromatic N) is 3. The van der Waals surface area contributed by atoms with Gasteiger partial charge in [-0.15, -0.1) is 5.10 Å². The molecule has 1 heterocycles. The Morgan fingerprint density at radius 1 is 0.889 bits per heavy atom. The van der Waals surface area contributed by atoms with E-state index in [1.54, 1.807) is 6.20 Å². The fourth-order valence-electron chi connectivity index (χ4n) is 1.85. The first kappa shape index (κ1) is 11.2. The molecule has 3 aromatic rings. The van der Waals surface area contributed by atoms with E-state index in [1.165, 1.54) is 0 Å². The minimum absolute atomic E-state index is 0.966. The smallest absolute Gasteiger partial charge is 0.0955 e. The maximum Gasteiger partial charge on any atom is 0.0955 e. The molecular weight excluding hydrogens is 290 g/mol. The second-order valence-corrected chi connectivity index (χ2v) is 4.70. The van der Waals surface area contributed by atoms with Crippen LogP contribution in [0.1, 0.15) is 0 Å². The molecule has 0 unspecified atom stereocenters. The summed E-state index contributed by atoms with van der Waals surface area (Å²) in [7, 11) is 0. The largest absolute Gasteiger partial charge is 0.213 e. The molecule has 0 amide bonds. The van der Waals surface area contributed by atoms with E-state index in [-0.39, 0.29) is 0 Å². The molecule has 3 nitrogen and oxygen atoms in total. The molecular formula is C14H10BrN3. The highest BCUT2D eigenvalue weighted by Crippen LogP contribution is 2.28. The van der Waals surface area contributed by atoms with Crippen molar-refractivity contribution < 1.29 is 0 Å². The van der Waals surface area contributed by atoms with Crippen LogP contribution in [0.2, 0.25) is 0 Å². The minimum atomic E-state index is 0.966. The quantitative estimate of drug-likeness (QED) is 0.722. The van der Waals surface area contributed by atoms with Crippen molar-refractivity contribution in [2.75, 3.05) is 0 Å². The summed E-state index contributed by atoms with van der Waals surface area (Å²) in [6, 6.07) is 18.0. The average molecular weight is 300 g/mol. The van der Waals surface area contributed by atoms with Crippen LogP contribution in [0.25, 0.3) is 16.9 Å². The van der Waals surface area contributed by atoms with Gasteiger partial charge in [0.15, 0.2) is 0 Å². The van der Waals surface area contributed by atoms with E-state index >= 15 is 0 Å². The predicted molar refractivity (Wildman–Crippen MR) is 74.5 cm³/mol. The summed E-state index contributed by atoms with van der Waals surface area (Å²) >= 11 is 3.56. The van der Waals surface area contributed by atoms with Gasteiger partial charge in [0.05, 0.1) is 17.6 Å². The Morgan fingerprint density at radius 2 is 1.61 bits per heavy atom. The van der Waals surface area contributed by atoms with Gasteiger partial charge in [-0.1, -0.05) is 57.5 Å². The molecule has 18 heavy (non-hydrogen) atoms. The van der Waals surface area contributed by atoms with Gasteiger partial charge in [-0.2, -0.15) is 0 Å². The van der Waals surface area contributed by atoms with Crippen LogP contribution in [0.3, 0.4) is 0 Å². The molecule has 0 radical (unpaired) electrons. The van der Waals surface area contributed by atoms with Crippen molar-refractivity contribution >= 4 is 15.9 Å². The third-order valence-electron chi connectivity index (χ3n) is 2.70. The van der Waals surface area contributed by atoms with Gasteiger partial charge in [0.2, 0.25) is 0 Å². The van der Waals surface area contributed by atoms with Gasteiger partial charge in [0.1, 0.15) is 0 Å². The first-order chi connectivity index (χ1) is 8.86. The molecule has 3 rings (SSSR count). The third-order valence-corrected chi connectivity index (χ3v) is 3.39. The van der Waals surface area contributed by atoms with E-state index in [4.69, 9.17) is 0 Å². The number of rotatable bonds is 2. The average Bonchev–Trinajstić information content (AvgIpc) is 2.89. The van der Waals surface area contributed by atoms with Gasteiger partial charge >= 0.3 is 0 Å². The highest BCUT2D eigenvalue weighted by atomic mass is 79.9. The Bertz CT molecular complexity index is 662. The Hall–Kier alpha value is -1.94. The number of aromatic nitrogens is 3. The van der Waals surface area contributed by atoms with Gasteiger partial charge in [0.25, 0.3) is 0 Å². The topological polar surface area (TPSA) is 30.7 Å². The minimum Gasteiger partial charge on any atom is -0.213 e. The lowest BCUT2D eigenvalue weighted by atomic mass is 10.1. The SMILES string of the molecule is Brc1ccccc1-c1cnnn1-c1ccccc1. The molecule has 0 aliphatic carbocycles. The maximum absolute atomic E-state index is 4.15. The number of para-hydroxylation sites is 1. The zero-order chi connectivity index (χ0) is 12.4. The van der Waals surface area contributed by atoms with E-state index < -0.39 is 0 Å². The third kappa shape index (κ3) is 1.95. The Balaban J connectivity index is 2.16. The zero-order valence-corrected chi connectivity index (χ0v) is 11.1. The number of halogens is 1. The van der Waals surface area contributed by atoms with Crippen LogP contribution in [0.4, 0.5) is 0 Å². The van der Waals surface area contributed by atoms with Crippen LogP contribution in [-0.2, 0) is 0 Å². The van der Waals surface area contributed by atoms with Crippen LogP contribution >= 0.6 is 15.9 Å². The molecule has 0 saturated carbocycles. The molecule has 0 atom stereocenters. The summed E-state index contributed by atoms with van der Waals surface area (Å²) in [6.45, 7) is 0. The zero-order valence-electron chi connectivity index (χ0n) is 9.49. The second kappa shape index (κ2) is 4.74. The summed E-state index contributed by atoms with van der Waals surface area (Å²) in [5.74, 6) is 0. The molecule has 2 aromatic carbocycles. The van der Waals surface area contributed by atoms with Crippen molar-refractivity contribution in [2.24, 2.45) is 0 Å². The van der Waals surface area contributed by atoms with Crippen LogP contribution in [-0.4, -0.2) is 15.0 Å². The fourth-order valence-corrected chi connectivity index (χ4v) is 2.34. The van der Waals surface area contributed by atoms with Gasteiger partial charge < -0.3 is 0 Å². The predicted octanol–water partition coefficient (Wildman–Crippen LogP) is 3.70. The number of hydrogen-bond acceptors (Lipinski definition) is 2. The lowest BCUT2D eigenvalue weighted by molar-refractivity contribution is 0.808. The van der Waals surface area contributed by atoms with E-state index in [9.17, 15) is 0 Å². The maximum atomic E-state index is 4.15. The normalized spacial score (nSPS) is 10.5. The van der Waals surface area contributed by atoms with Gasteiger partial charge in [-0.25, -0.2) is 4.68 Å². The molecule has 0 spiro atoms. The van der Waals surface area contributed by atoms with Gasteiger partial charge in [-0.05, 0) is 18.2 Å². The Morgan fingerprint density at radius 3 is 2.39 bits per heavy atom. The summed E-state index contributed by atoms with van der Waals surface area (Å²) in [6.07, 6.45) is 1.77. The first-order valence-corrected chi connectivity index (χ1v) is 6.36. The lowest BCUT2D eigenvalue weighted by Crippen LogP contribution is -1.99.